The highest BCUT2D eigenvalue weighted by molar-refractivity contribution is 5.75. The van der Waals surface area contributed by atoms with Crippen molar-refractivity contribution in [3.05, 3.63) is 23.8 Å². The van der Waals surface area contributed by atoms with Crippen molar-refractivity contribution in [1.29, 1.82) is 0 Å². The number of alkyl halides is 3. The lowest BCUT2D eigenvalue weighted by molar-refractivity contribution is -0.275. The van der Waals surface area contributed by atoms with E-state index in [1.807, 2.05) is 0 Å². The first-order valence-corrected chi connectivity index (χ1v) is 4.27. The van der Waals surface area contributed by atoms with Crippen molar-refractivity contribution in [1.82, 2.24) is 0 Å². The molecule has 8 heteroatoms. The molecule has 4 N–H and O–H groups in total. The van der Waals surface area contributed by atoms with E-state index in [9.17, 15) is 23.1 Å². The topological polar surface area (TPSA) is 92.8 Å². The number of carbonyl (C=O) groups is 1. The number of carboxylic acids is 1. The van der Waals surface area contributed by atoms with Gasteiger partial charge in [0.15, 0.2) is 6.10 Å². The fraction of sp³-hybridized carbons (Fsp3) is 0.222. The van der Waals surface area contributed by atoms with Crippen molar-refractivity contribution < 1.29 is 32.9 Å². The lowest BCUT2D eigenvalue weighted by atomic mass is 10.1. The van der Waals surface area contributed by atoms with Gasteiger partial charge in [-0.2, -0.15) is 0 Å². The van der Waals surface area contributed by atoms with Gasteiger partial charge in [0.25, 0.3) is 0 Å². The van der Waals surface area contributed by atoms with Crippen LogP contribution >= 0.6 is 0 Å². The van der Waals surface area contributed by atoms with E-state index >= 15 is 0 Å². The van der Waals surface area contributed by atoms with Crippen molar-refractivity contribution in [2.45, 2.75) is 12.5 Å². The number of aliphatic carboxylic acids is 1. The molecule has 0 saturated carbocycles. The molecule has 0 heterocycles. The fourth-order valence-electron chi connectivity index (χ4n) is 1.12. The molecule has 0 aliphatic rings. The van der Waals surface area contributed by atoms with Gasteiger partial charge in [-0.3, -0.25) is 0 Å². The summed E-state index contributed by atoms with van der Waals surface area (Å²) in [5, 5.41) is 17.7. The van der Waals surface area contributed by atoms with Crippen LogP contribution in [0.5, 0.6) is 5.75 Å². The summed E-state index contributed by atoms with van der Waals surface area (Å²) in [6.45, 7) is 0. The average molecular weight is 251 g/mol. The average Bonchev–Trinajstić information content (AvgIpc) is 2.14. The molecule has 17 heavy (non-hydrogen) atoms. The van der Waals surface area contributed by atoms with Crippen molar-refractivity contribution in [2.24, 2.45) is 0 Å². The van der Waals surface area contributed by atoms with E-state index in [1.54, 1.807) is 0 Å². The molecule has 0 saturated heterocycles. The van der Waals surface area contributed by atoms with Crippen LogP contribution < -0.4 is 10.5 Å². The molecule has 0 amide bonds. The van der Waals surface area contributed by atoms with E-state index in [0.717, 1.165) is 18.2 Å². The molecule has 94 valence electrons. The van der Waals surface area contributed by atoms with Crippen LogP contribution in [-0.2, 0) is 4.79 Å². The van der Waals surface area contributed by atoms with Gasteiger partial charge in [0.2, 0.25) is 0 Å². The maximum absolute atomic E-state index is 12.0. The zero-order valence-electron chi connectivity index (χ0n) is 8.23. The first-order chi connectivity index (χ1) is 7.70. The summed E-state index contributed by atoms with van der Waals surface area (Å²) >= 11 is 0. The summed E-state index contributed by atoms with van der Waals surface area (Å²) in [5.41, 5.74) is 4.67. The van der Waals surface area contributed by atoms with Crippen molar-refractivity contribution in [3.8, 4) is 5.75 Å². The number of nitrogens with two attached hydrogens (primary N) is 1. The number of carboxylic acid groups (broad SMARTS) is 1. The van der Waals surface area contributed by atoms with Gasteiger partial charge in [-0.05, 0) is 6.07 Å². The van der Waals surface area contributed by atoms with Gasteiger partial charge in [0.05, 0.1) is 0 Å². The van der Waals surface area contributed by atoms with Gasteiger partial charge in [-0.1, -0.05) is 6.07 Å². The molecule has 0 aromatic heterocycles. The molecule has 0 fully saturated rings. The number of halogens is 3. The Bertz CT molecular complexity index is 433. The standard InChI is InChI=1S/C9H8F3NO4/c10-9(11,12)17-6-3-4(13)1-2-5(6)7(14)8(15)16/h1-3,7,14H,13H2,(H,15,16). The molecule has 5 nitrogen and oxygen atoms in total. The maximum atomic E-state index is 12.0. The van der Waals surface area contributed by atoms with E-state index in [1.165, 1.54) is 0 Å². The van der Waals surface area contributed by atoms with Crippen LogP contribution in [0.15, 0.2) is 18.2 Å². The maximum Gasteiger partial charge on any atom is 0.573 e. The number of hydrogen-bond donors (Lipinski definition) is 3. The van der Waals surface area contributed by atoms with Crippen LogP contribution in [0.2, 0.25) is 0 Å². The van der Waals surface area contributed by atoms with Crippen molar-refractivity contribution in [2.75, 3.05) is 5.73 Å². The summed E-state index contributed by atoms with van der Waals surface area (Å²) in [7, 11) is 0. The monoisotopic (exact) mass is 251 g/mol. The highest BCUT2D eigenvalue weighted by Gasteiger charge is 2.33. The van der Waals surface area contributed by atoms with E-state index < -0.39 is 29.7 Å². The first kappa shape index (κ1) is 13.1. The van der Waals surface area contributed by atoms with Crippen LogP contribution in [0.4, 0.5) is 18.9 Å². The molecule has 1 unspecified atom stereocenters. The number of anilines is 1. The molecule has 1 aromatic rings. The molecular formula is C9H8F3NO4. The third kappa shape index (κ3) is 3.52. The summed E-state index contributed by atoms with van der Waals surface area (Å²) in [5.74, 6) is -2.53. The molecule has 0 aliphatic heterocycles. The molecule has 1 rings (SSSR count). The number of nitrogen functional groups attached to an aromatic ring is 1. The predicted molar refractivity (Wildman–Crippen MR) is 50.1 cm³/mol. The Labute approximate surface area is 93.2 Å². The van der Waals surface area contributed by atoms with E-state index in [2.05, 4.69) is 4.74 Å². The largest absolute Gasteiger partial charge is 0.573 e. The van der Waals surface area contributed by atoms with E-state index in [0.29, 0.717) is 0 Å². The third-order valence-corrected chi connectivity index (χ3v) is 1.79. The first-order valence-electron chi connectivity index (χ1n) is 4.27. The Balaban J connectivity index is 3.17. The number of aliphatic hydroxyl groups is 1. The number of ether oxygens (including phenoxy) is 1. The van der Waals surface area contributed by atoms with Crippen LogP contribution in [-0.4, -0.2) is 22.5 Å². The smallest absolute Gasteiger partial charge is 0.479 e. The Morgan fingerprint density at radius 1 is 1.41 bits per heavy atom. The van der Waals surface area contributed by atoms with E-state index in [-0.39, 0.29) is 5.69 Å². The SMILES string of the molecule is Nc1ccc(C(O)C(=O)O)c(OC(F)(F)F)c1. The minimum atomic E-state index is -5.00. The van der Waals surface area contributed by atoms with Crippen LogP contribution in [0.3, 0.4) is 0 Å². The van der Waals surface area contributed by atoms with E-state index in [4.69, 9.17) is 10.8 Å². The number of aliphatic hydroxyl groups excluding tert-OH is 1. The number of benzene rings is 1. The van der Waals surface area contributed by atoms with Crippen LogP contribution in [0.25, 0.3) is 0 Å². The lowest BCUT2D eigenvalue weighted by Crippen LogP contribution is -2.20. The van der Waals surface area contributed by atoms with Crippen molar-refractivity contribution >= 4 is 11.7 Å². The zero-order valence-corrected chi connectivity index (χ0v) is 8.23. The number of rotatable bonds is 3. The Kier molecular flexibility index (Phi) is 3.47. The van der Waals surface area contributed by atoms with Crippen LogP contribution in [0, 0.1) is 0 Å². The molecule has 0 bridgehead atoms. The van der Waals surface area contributed by atoms with Crippen molar-refractivity contribution in [3.63, 3.8) is 0 Å². The molecule has 1 atom stereocenters. The summed E-state index contributed by atoms with van der Waals surface area (Å²) in [4.78, 5) is 10.5. The highest BCUT2D eigenvalue weighted by Crippen LogP contribution is 2.32. The Morgan fingerprint density at radius 2 is 2.00 bits per heavy atom. The fourth-order valence-corrected chi connectivity index (χ4v) is 1.12. The van der Waals surface area contributed by atoms with Gasteiger partial charge >= 0.3 is 12.3 Å². The summed E-state index contributed by atoms with van der Waals surface area (Å²) < 4.78 is 39.7. The second-order valence-electron chi connectivity index (χ2n) is 3.09. The predicted octanol–water partition coefficient (Wildman–Crippen LogP) is 1.29. The minimum Gasteiger partial charge on any atom is -0.479 e. The van der Waals surface area contributed by atoms with Gasteiger partial charge in [-0.15, -0.1) is 13.2 Å². The molecular weight excluding hydrogens is 243 g/mol. The van der Waals surface area contributed by atoms with Gasteiger partial charge in [0, 0.05) is 17.3 Å². The Hall–Kier alpha value is -1.96. The summed E-state index contributed by atoms with van der Waals surface area (Å²) in [6, 6.07) is 2.90. The molecule has 0 radical (unpaired) electrons. The normalized spacial score (nSPS) is 13.2. The molecule has 1 aromatic carbocycles. The third-order valence-electron chi connectivity index (χ3n) is 1.79. The second kappa shape index (κ2) is 4.50. The van der Waals surface area contributed by atoms with Gasteiger partial charge < -0.3 is 20.7 Å². The zero-order chi connectivity index (χ0) is 13.2. The summed E-state index contributed by atoms with van der Waals surface area (Å²) in [6.07, 6.45) is -7.12. The highest BCUT2D eigenvalue weighted by atomic mass is 19.4. The van der Waals surface area contributed by atoms with Gasteiger partial charge in [-0.25, -0.2) is 4.79 Å². The van der Waals surface area contributed by atoms with Crippen LogP contribution in [0.1, 0.15) is 11.7 Å². The Morgan fingerprint density at radius 3 is 2.47 bits per heavy atom. The second-order valence-corrected chi connectivity index (χ2v) is 3.09. The van der Waals surface area contributed by atoms with Gasteiger partial charge in [0.1, 0.15) is 5.75 Å². The minimum absolute atomic E-state index is 0.0504. The quantitative estimate of drug-likeness (QED) is 0.704. The lowest BCUT2D eigenvalue weighted by Gasteiger charge is -2.15. The molecule has 0 spiro atoms. The number of hydrogen-bond acceptors (Lipinski definition) is 4. The molecule has 0 aliphatic carbocycles.